The molecule has 2 aromatic heterocycles. The van der Waals surface area contributed by atoms with Crippen molar-refractivity contribution in [2.45, 2.75) is 39.4 Å². The van der Waals surface area contributed by atoms with Crippen molar-refractivity contribution in [3.63, 3.8) is 0 Å². The lowest BCUT2D eigenvalue weighted by Gasteiger charge is -2.29. The molecule has 1 aliphatic rings. The van der Waals surface area contributed by atoms with Gasteiger partial charge in [0.2, 0.25) is 11.8 Å². The van der Waals surface area contributed by atoms with Crippen molar-refractivity contribution < 1.29 is 9.59 Å². The first-order valence-corrected chi connectivity index (χ1v) is 9.02. The van der Waals surface area contributed by atoms with Crippen LogP contribution >= 0.6 is 0 Å². The number of aryl methyl sites for hydroxylation is 1. The normalized spacial score (nSPS) is 19.8. The maximum atomic E-state index is 13.1. The Bertz CT molecular complexity index is 773. The second-order valence-electron chi connectivity index (χ2n) is 6.52. The minimum atomic E-state index is -0.427. The van der Waals surface area contributed by atoms with Crippen molar-refractivity contribution in [1.82, 2.24) is 24.3 Å². The van der Waals surface area contributed by atoms with Crippen molar-refractivity contribution in [2.75, 3.05) is 13.6 Å². The Labute approximate surface area is 153 Å². The van der Waals surface area contributed by atoms with Crippen molar-refractivity contribution in [2.24, 2.45) is 5.92 Å². The average Bonchev–Trinajstić information content (AvgIpc) is 3.24. The Morgan fingerprint density at radius 2 is 2.04 bits per heavy atom. The standard InChI is InChI=1S/C19H25N5O2/c1-4-23-11-10-21-18(23)17-15(12-16(25)24(17)5-2)19(26)22(3)13-14-8-6-7-9-20-14/h6-11,15,17H,4-5,12-13H2,1-3H3/t15-,17-/m0/s1. The number of aromatic nitrogens is 3. The summed E-state index contributed by atoms with van der Waals surface area (Å²) in [7, 11) is 1.76. The molecule has 0 spiro atoms. The van der Waals surface area contributed by atoms with Crippen LogP contribution in [0.3, 0.4) is 0 Å². The lowest BCUT2D eigenvalue weighted by atomic mass is 9.97. The number of rotatable bonds is 6. The average molecular weight is 355 g/mol. The first-order chi connectivity index (χ1) is 12.6. The topological polar surface area (TPSA) is 71.3 Å². The zero-order valence-corrected chi connectivity index (χ0v) is 15.5. The van der Waals surface area contributed by atoms with E-state index in [1.165, 1.54) is 0 Å². The molecule has 1 aliphatic heterocycles. The van der Waals surface area contributed by atoms with Crippen LogP contribution in [0.5, 0.6) is 0 Å². The largest absolute Gasteiger partial charge is 0.340 e. The molecular formula is C19H25N5O2. The minimum Gasteiger partial charge on any atom is -0.340 e. The number of likely N-dealkylation sites (tertiary alicyclic amines) is 1. The number of carbonyl (C=O) groups excluding carboxylic acids is 2. The quantitative estimate of drug-likeness (QED) is 0.793. The molecule has 26 heavy (non-hydrogen) atoms. The molecular weight excluding hydrogens is 330 g/mol. The van der Waals surface area contributed by atoms with Gasteiger partial charge in [0, 0.05) is 45.1 Å². The third-order valence-corrected chi connectivity index (χ3v) is 4.94. The Morgan fingerprint density at radius 3 is 2.69 bits per heavy atom. The van der Waals surface area contributed by atoms with Gasteiger partial charge in [0.05, 0.1) is 18.2 Å². The van der Waals surface area contributed by atoms with Crippen molar-refractivity contribution in [1.29, 1.82) is 0 Å². The van der Waals surface area contributed by atoms with E-state index in [2.05, 4.69) is 9.97 Å². The molecule has 3 heterocycles. The van der Waals surface area contributed by atoms with E-state index in [9.17, 15) is 9.59 Å². The third-order valence-electron chi connectivity index (χ3n) is 4.94. The van der Waals surface area contributed by atoms with Crippen LogP contribution in [0.4, 0.5) is 0 Å². The van der Waals surface area contributed by atoms with E-state index in [-0.39, 0.29) is 24.3 Å². The molecule has 0 aliphatic carbocycles. The minimum absolute atomic E-state index is 0.00717. The second-order valence-corrected chi connectivity index (χ2v) is 6.52. The maximum Gasteiger partial charge on any atom is 0.228 e. The van der Waals surface area contributed by atoms with E-state index >= 15 is 0 Å². The monoisotopic (exact) mass is 355 g/mol. The van der Waals surface area contributed by atoms with Crippen LogP contribution < -0.4 is 0 Å². The summed E-state index contributed by atoms with van der Waals surface area (Å²) in [6.07, 6.45) is 5.56. The Hall–Kier alpha value is -2.70. The molecule has 3 rings (SSSR count). The lowest BCUT2D eigenvalue weighted by molar-refractivity contribution is -0.136. The van der Waals surface area contributed by atoms with Crippen LogP contribution in [0.15, 0.2) is 36.8 Å². The van der Waals surface area contributed by atoms with Crippen LogP contribution in [0.1, 0.15) is 37.8 Å². The van der Waals surface area contributed by atoms with Crippen LogP contribution in [-0.2, 0) is 22.7 Å². The van der Waals surface area contributed by atoms with Crippen molar-refractivity contribution >= 4 is 11.8 Å². The van der Waals surface area contributed by atoms with Gasteiger partial charge >= 0.3 is 0 Å². The number of carbonyl (C=O) groups is 2. The molecule has 138 valence electrons. The zero-order chi connectivity index (χ0) is 18.7. The van der Waals surface area contributed by atoms with Gasteiger partial charge in [-0.2, -0.15) is 0 Å². The van der Waals surface area contributed by atoms with Gasteiger partial charge in [-0.3, -0.25) is 14.6 Å². The second kappa shape index (κ2) is 7.68. The Morgan fingerprint density at radius 1 is 1.23 bits per heavy atom. The summed E-state index contributed by atoms with van der Waals surface area (Å²) < 4.78 is 2.00. The number of hydrogen-bond acceptors (Lipinski definition) is 4. The molecule has 7 heteroatoms. The predicted molar refractivity (Wildman–Crippen MR) is 96.8 cm³/mol. The van der Waals surface area contributed by atoms with E-state index in [0.29, 0.717) is 13.1 Å². The smallest absolute Gasteiger partial charge is 0.228 e. The van der Waals surface area contributed by atoms with E-state index in [1.807, 2.05) is 42.8 Å². The van der Waals surface area contributed by atoms with Gasteiger partial charge in [-0.15, -0.1) is 0 Å². The molecule has 1 fully saturated rings. The van der Waals surface area contributed by atoms with Crippen molar-refractivity contribution in [3.05, 3.63) is 48.3 Å². The zero-order valence-electron chi connectivity index (χ0n) is 15.5. The highest BCUT2D eigenvalue weighted by Crippen LogP contribution is 2.38. The van der Waals surface area contributed by atoms with Crippen molar-refractivity contribution in [3.8, 4) is 0 Å². The molecule has 2 atom stereocenters. The third kappa shape index (κ3) is 3.34. The summed E-state index contributed by atoms with van der Waals surface area (Å²) in [5, 5.41) is 0. The number of imidazole rings is 1. The van der Waals surface area contributed by atoms with E-state index in [4.69, 9.17) is 0 Å². The van der Waals surface area contributed by atoms with Gasteiger partial charge in [0.15, 0.2) is 0 Å². The fraction of sp³-hybridized carbons (Fsp3) is 0.474. The van der Waals surface area contributed by atoms with Gasteiger partial charge in [-0.1, -0.05) is 6.07 Å². The van der Waals surface area contributed by atoms with Gasteiger partial charge in [-0.25, -0.2) is 4.98 Å². The highest BCUT2D eigenvalue weighted by molar-refractivity contribution is 5.90. The van der Waals surface area contributed by atoms with E-state index in [1.54, 1.807) is 29.2 Å². The molecule has 0 radical (unpaired) electrons. The number of pyridine rings is 1. The van der Waals surface area contributed by atoms with Gasteiger partial charge < -0.3 is 14.4 Å². The summed E-state index contributed by atoms with van der Waals surface area (Å²) in [4.78, 5) is 37.8. The highest BCUT2D eigenvalue weighted by atomic mass is 16.2. The first kappa shape index (κ1) is 18.1. The van der Waals surface area contributed by atoms with Crippen LogP contribution in [0.25, 0.3) is 0 Å². The van der Waals surface area contributed by atoms with Gasteiger partial charge in [-0.05, 0) is 26.0 Å². The molecule has 7 nitrogen and oxygen atoms in total. The summed E-state index contributed by atoms with van der Waals surface area (Å²) in [6, 6.07) is 5.32. The van der Waals surface area contributed by atoms with Crippen LogP contribution in [0, 0.1) is 5.92 Å². The molecule has 2 amide bonds. The summed E-state index contributed by atoms with van der Waals surface area (Å²) >= 11 is 0. The molecule has 2 aromatic rings. The van der Waals surface area contributed by atoms with Gasteiger partial charge in [0.25, 0.3) is 0 Å². The lowest BCUT2D eigenvalue weighted by Crippen LogP contribution is -2.37. The summed E-state index contributed by atoms with van der Waals surface area (Å²) in [5.74, 6) is 0.317. The molecule has 0 bridgehead atoms. The number of hydrogen-bond donors (Lipinski definition) is 0. The predicted octanol–water partition coefficient (Wildman–Crippen LogP) is 1.87. The SMILES string of the molecule is CCN1C(=O)C[C@H](C(=O)N(C)Cc2ccccn2)[C@H]1c1nccn1CC. The highest BCUT2D eigenvalue weighted by Gasteiger charge is 2.46. The Balaban J connectivity index is 1.86. The Kier molecular flexibility index (Phi) is 5.35. The maximum absolute atomic E-state index is 13.1. The number of amides is 2. The molecule has 0 N–H and O–H groups in total. The van der Waals surface area contributed by atoms with E-state index in [0.717, 1.165) is 18.1 Å². The fourth-order valence-corrected chi connectivity index (χ4v) is 3.65. The molecule has 0 saturated carbocycles. The first-order valence-electron chi connectivity index (χ1n) is 9.02. The molecule has 0 unspecified atom stereocenters. The molecule has 1 saturated heterocycles. The van der Waals surface area contributed by atoms with Crippen LogP contribution in [0.2, 0.25) is 0 Å². The molecule has 0 aromatic carbocycles. The van der Waals surface area contributed by atoms with Gasteiger partial charge in [0.1, 0.15) is 11.9 Å². The van der Waals surface area contributed by atoms with Crippen LogP contribution in [-0.4, -0.2) is 49.7 Å². The summed E-state index contributed by atoms with van der Waals surface area (Å²) in [5.41, 5.74) is 0.826. The summed E-state index contributed by atoms with van der Waals surface area (Å²) in [6.45, 7) is 5.71. The number of nitrogens with zero attached hydrogens (tertiary/aromatic N) is 5. The fourth-order valence-electron chi connectivity index (χ4n) is 3.65. The van der Waals surface area contributed by atoms with E-state index < -0.39 is 5.92 Å².